The molecule has 2 heterocycles. The van der Waals surface area contributed by atoms with E-state index in [4.69, 9.17) is 4.74 Å². The number of ether oxygens (including phenoxy) is 1. The van der Waals surface area contributed by atoms with Gasteiger partial charge in [0.2, 0.25) is 10.0 Å². The van der Waals surface area contributed by atoms with Crippen LogP contribution in [0.1, 0.15) is 5.56 Å². The van der Waals surface area contributed by atoms with Gasteiger partial charge in [0.25, 0.3) is 6.43 Å². The van der Waals surface area contributed by atoms with Gasteiger partial charge in [-0.1, -0.05) is 12.1 Å². The molecule has 1 aromatic carbocycles. The minimum Gasteiger partial charge on any atom is -0.488 e. The largest absolute Gasteiger partial charge is 0.488 e. The van der Waals surface area contributed by atoms with Crippen molar-refractivity contribution in [3.8, 4) is 5.75 Å². The molecule has 1 aliphatic heterocycles. The van der Waals surface area contributed by atoms with E-state index < -0.39 is 23.1 Å². The van der Waals surface area contributed by atoms with E-state index in [1.165, 1.54) is 27.7 Å². The number of amides is 2. The first kappa shape index (κ1) is 21.9. The highest BCUT2D eigenvalue weighted by atomic mass is 32.2. The average molecular weight is 440 g/mol. The zero-order valence-corrected chi connectivity index (χ0v) is 16.9. The first-order valence-electron chi connectivity index (χ1n) is 9.29. The second kappa shape index (κ2) is 9.81. The summed E-state index contributed by atoms with van der Waals surface area (Å²) in [5.74, 6) is 0.302. The van der Waals surface area contributed by atoms with Crippen molar-refractivity contribution in [3.05, 3.63) is 54.4 Å². The van der Waals surface area contributed by atoms with Gasteiger partial charge in [0.15, 0.2) is 0 Å². The van der Waals surface area contributed by atoms with E-state index in [9.17, 15) is 22.0 Å². The zero-order valence-electron chi connectivity index (χ0n) is 16.1. The molecule has 1 fully saturated rings. The number of piperazine rings is 1. The number of alkyl halides is 2. The van der Waals surface area contributed by atoms with Crippen molar-refractivity contribution in [2.24, 2.45) is 0 Å². The van der Waals surface area contributed by atoms with Gasteiger partial charge in [-0.15, -0.1) is 0 Å². The fourth-order valence-electron chi connectivity index (χ4n) is 2.97. The maximum atomic E-state index is 12.6. The molecule has 1 saturated heterocycles. The Kier molecular flexibility index (Phi) is 7.16. The third kappa shape index (κ3) is 5.63. The molecule has 2 aromatic rings. The molecule has 0 bridgehead atoms. The molecule has 1 aromatic heterocycles. The van der Waals surface area contributed by atoms with Gasteiger partial charge in [0, 0.05) is 45.1 Å². The quantitative estimate of drug-likeness (QED) is 0.711. The first-order chi connectivity index (χ1) is 14.4. The smallest absolute Gasteiger partial charge is 0.317 e. The Balaban J connectivity index is 1.50. The summed E-state index contributed by atoms with van der Waals surface area (Å²) in [6.45, 7) is 0.371. The molecule has 30 heavy (non-hydrogen) atoms. The SMILES string of the molecule is O=C(NCc1cccc(OCC(F)F)c1)N1CCN(S(=O)(=O)c2cccnc2)CC1. The predicted octanol–water partition coefficient (Wildman–Crippen LogP) is 1.94. The number of halogens is 2. The Morgan fingerprint density at radius 2 is 1.93 bits per heavy atom. The lowest BCUT2D eigenvalue weighted by molar-refractivity contribution is 0.0818. The van der Waals surface area contributed by atoms with Crippen LogP contribution >= 0.6 is 0 Å². The maximum Gasteiger partial charge on any atom is 0.317 e. The van der Waals surface area contributed by atoms with Crippen LogP contribution in [0.3, 0.4) is 0 Å². The van der Waals surface area contributed by atoms with Gasteiger partial charge in [-0.25, -0.2) is 22.0 Å². The minimum absolute atomic E-state index is 0.122. The molecule has 8 nitrogen and oxygen atoms in total. The van der Waals surface area contributed by atoms with E-state index in [1.807, 2.05) is 0 Å². The van der Waals surface area contributed by atoms with Crippen molar-refractivity contribution in [2.45, 2.75) is 17.9 Å². The van der Waals surface area contributed by atoms with Gasteiger partial charge in [-0.05, 0) is 29.8 Å². The third-order valence-electron chi connectivity index (χ3n) is 4.52. The molecule has 0 atom stereocenters. The van der Waals surface area contributed by atoms with E-state index in [1.54, 1.807) is 30.3 Å². The van der Waals surface area contributed by atoms with Crippen LogP contribution in [0.2, 0.25) is 0 Å². The number of hydrogen-bond donors (Lipinski definition) is 1. The van der Waals surface area contributed by atoms with Crippen LogP contribution in [0.15, 0.2) is 53.7 Å². The van der Waals surface area contributed by atoms with Crippen LogP contribution in [0, 0.1) is 0 Å². The van der Waals surface area contributed by atoms with Crippen LogP contribution in [-0.2, 0) is 16.6 Å². The Morgan fingerprint density at radius 1 is 1.17 bits per heavy atom. The van der Waals surface area contributed by atoms with Gasteiger partial charge in [0.05, 0.1) is 0 Å². The van der Waals surface area contributed by atoms with Crippen LogP contribution in [0.5, 0.6) is 5.75 Å². The highest BCUT2D eigenvalue weighted by Crippen LogP contribution is 2.17. The summed E-state index contributed by atoms with van der Waals surface area (Å²) in [6.07, 6.45) is 0.240. The molecular weight excluding hydrogens is 418 g/mol. The average Bonchev–Trinajstić information content (AvgIpc) is 2.77. The summed E-state index contributed by atoms with van der Waals surface area (Å²) in [7, 11) is -3.64. The predicted molar refractivity (Wildman–Crippen MR) is 105 cm³/mol. The van der Waals surface area contributed by atoms with Crippen LogP contribution in [0.4, 0.5) is 13.6 Å². The Hall–Kier alpha value is -2.79. The van der Waals surface area contributed by atoms with Crippen molar-refractivity contribution in [1.29, 1.82) is 0 Å². The first-order valence-corrected chi connectivity index (χ1v) is 10.7. The molecule has 3 rings (SSSR count). The summed E-state index contributed by atoms with van der Waals surface area (Å²) >= 11 is 0. The summed E-state index contributed by atoms with van der Waals surface area (Å²) in [4.78, 5) is 17.9. The molecule has 0 aliphatic carbocycles. The number of hydrogen-bond acceptors (Lipinski definition) is 5. The number of aromatic nitrogens is 1. The lowest BCUT2D eigenvalue weighted by atomic mass is 10.2. The van der Waals surface area contributed by atoms with Crippen LogP contribution < -0.4 is 10.1 Å². The number of sulfonamides is 1. The normalized spacial score (nSPS) is 15.2. The van der Waals surface area contributed by atoms with Gasteiger partial charge in [-0.3, -0.25) is 4.98 Å². The van der Waals surface area contributed by atoms with Gasteiger partial charge < -0.3 is 15.0 Å². The molecule has 11 heteroatoms. The number of pyridine rings is 1. The number of carbonyl (C=O) groups excluding carboxylic acids is 1. The summed E-state index contributed by atoms with van der Waals surface area (Å²) < 4.78 is 56.0. The van der Waals surface area contributed by atoms with Crippen molar-refractivity contribution in [1.82, 2.24) is 19.5 Å². The van der Waals surface area contributed by atoms with Crippen LogP contribution in [0.25, 0.3) is 0 Å². The van der Waals surface area contributed by atoms with E-state index in [-0.39, 0.29) is 43.7 Å². The number of nitrogens with one attached hydrogen (secondary N) is 1. The number of carbonyl (C=O) groups is 1. The maximum absolute atomic E-state index is 12.6. The lowest BCUT2D eigenvalue weighted by Gasteiger charge is -2.33. The summed E-state index contributed by atoms with van der Waals surface area (Å²) in [5, 5.41) is 2.75. The second-order valence-electron chi connectivity index (χ2n) is 6.59. The highest BCUT2D eigenvalue weighted by Gasteiger charge is 2.30. The van der Waals surface area contributed by atoms with E-state index in [2.05, 4.69) is 10.3 Å². The standard InChI is InChI=1S/C19H22F2N4O4S/c20-18(21)14-29-16-4-1-3-15(11-16)12-23-19(26)24-7-9-25(10-8-24)30(27,28)17-5-2-6-22-13-17/h1-6,11,13,18H,7-10,12,14H2,(H,23,26). The van der Waals surface area contributed by atoms with E-state index >= 15 is 0 Å². The summed E-state index contributed by atoms with van der Waals surface area (Å²) in [6, 6.07) is 9.27. The van der Waals surface area contributed by atoms with E-state index in [0.717, 1.165) is 0 Å². The van der Waals surface area contributed by atoms with Crippen molar-refractivity contribution in [3.63, 3.8) is 0 Å². The fraction of sp³-hybridized carbons (Fsp3) is 0.368. The number of rotatable bonds is 7. The molecule has 0 saturated carbocycles. The topological polar surface area (TPSA) is 91.8 Å². The molecular formula is C19H22F2N4O4S. The molecule has 0 spiro atoms. The Labute approximate surface area is 173 Å². The molecule has 1 aliphatic rings. The minimum atomic E-state index is -3.64. The number of urea groups is 1. The molecule has 1 N–H and O–H groups in total. The van der Waals surface area contributed by atoms with Gasteiger partial charge >= 0.3 is 6.03 Å². The van der Waals surface area contributed by atoms with Gasteiger partial charge in [0.1, 0.15) is 17.3 Å². The third-order valence-corrected chi connectivity index (χ3v) is 6.40. The molecule has 0 unspecified atom stereocenters. The van der Waals surface area contributed by atoms with Crippen LogP contribution in [-0.4, -0.2) is 67.8 Å². The Bertz CT molecular complexity index is 952. The number of nitrogens with zero attached hydrogens (tertiary/aromatic N) is 3. The fourth-order valence-corrected chi connectivity index (χ4v) is 4.36. The summed E-state index contributed by atoms with van der Waals surface area (Å²) in [5.41, 5.74) is 0.702. The Morgan fingerprint density at radius 3 is 2.60 bits per heavy atom. The molecule has 2 amide bonds. The highest BCUT2D eigenvalue weighted by molar-refractivity contribution is 7.89. The lowest BCUT2D eigenvalue weighted by Crippen LogP contribution is -2.52. The van der Waals surface area contributed by atoms with Gasteiger partial charge in [-0.2, -0.15) is 4.31 Å². The number of benzene rings is 1. The monoisotopic (exact) mass is 440 g/mol. The molecule has 162 valence electrons. The van der Waals surface area contributed by atoms with Crippen molar-refractivity contribution in [2.75, 3.05) is 32.8 Å². The molecule has 0 radical (unpaired) electrons. The zero-order chi connectivity index (χ0) is 21.6. The second-order valence-corrected chi connectivity index (χ2v) is 8.53. The van der Waals surface area contributed by atoms with Crippen molar-refractivity contribution < 1.29 is 26.7 Å². The van der Waals surface area contributed by atoms with Crippen molar-refractivity contribution >= 4 is 16.1 Å². The van der Waals surface area contributed by atoms with E-state index in [0.29, 0.717) is 11.3 Å².